The number of benzene rings is 2. The molecule has 0 aliphatic carbocycles. The van der Waals surface area contributed by atoms with Gasteiger partial charge in [0.15, 0.2) is 0 Å². The van der Waals surface area contributed by atoms with Crippen molar-refractivity contribution in [1.29, 1.82) is 0 Å². The van der Waals surface area contributed by atoms with Gasteiger partial charge in [-0.2, -0.15) is 0 Å². The second-order valence-corrected chi connectivity index (χ2v) is 7.26. The third kappa shape index (κ3) is 3.94. The van der Waals surface area contributed by atoms with E-state index in [4.69, 9.17) is 9.47 Å². The molecule has 1 fully saturated rings. The number of piperidine rings is 1. The molecule has 2 aliphatic rings. The summed E-state index contributed by atoms with van der Waals surface area (Å²) in [6, 6.07) is 16.9. The third-order valence-corrected chi connectivity index (χ3v) is 5.34. The summed E-state index contributed by atoms with van der Waals surface area (Å²) in [4.78, 5) is 2.54. The van der Waals surface area contributed by atoms with E-state index in [0.29, 0.717) is 6.04 Å². The van der Waals surface area contributed by atoms with Crippen molar-refractivity contribution < 1.29 is 9.47 Å². The van der Waals surface area contributed by atoms with Gasteiger partial charge in [-0.3, -0.25) is 4.90 Å². The molecule has 1 saturated heterocycles. The molecule has 0 amide bonds. The van der Waals surface area contributed by atoms with Crippen LogP contribution in [-0.4, -0.2) is 30.6 Å². The lowest BCUT2D eigenvalue weighted by molar-refractivity contribution is 0.125. The van der Waals surface area contributed by atoms with Crippen LogP contribution in [0.25, 0.3) is 6.08 Å². The highest BCUT2D eigenvalue weighted by molar-refractivity contribution is 5.60. The van der Waals surface area contributed by atoms with Gasteiger partial charge in [0.25, 0.3) is 0 Å². The van der Waals surface area contributed by atoms with Gasteiger partial charge in [0, 0.05) is 11.6 Å². The van der Waals surface area contributed by atoms with Gasteiger partial charge in [-0.05, 0) is 62.7 Å². The fraction of sp³-hybridized carbons (Fsp3) is 0.391. The molecule has 2 aromatic carbocycles. The molecule has 2 atom stereocenters. The average molecular weight is 349 g/mol. The molecule has 1 unspecified atom stereocenters. The molecule has 2 heterocycles. The van der Waals surface area contributed by atoms with E-state index in [1.807, 2.05) is 18.2 Å². The Labute approximate surface area is 156 Å². The van der Waals surface area contributed by atoms with Crippen LogP contribution in [0.15, 0.2) is 54.6 Å². The Kier molecular flexibility index (Phi) is 5.26. The highest BCUT2D eigenvalue weighted by Gasteiger charge is 2.18. The molecule has 26 heavy (non-hydrogen) atoms. The number of ether oxygens (including phenoxy) is 2. The molecule has 0 bridgehead atoms. The zero-order valence-corrected chi connectivity index (χ0v) is 15.4. The van der Waals surface area contributed by atoms with Gasteiger partial charge in [0.2, 0.25) is 0 Å². The van der Waals surface area contributed by atoms with Crippen molar-refractivity contribution in [3.63, 3.8) is 0 Å². The average Bonchev–Trinajstić information content (AvgIpc) is 2.72. The van der Waals surface area contributed by atoms with Crippen molar-refractivity contribution in [1.82, 2.24) is 4.90 Å². The number of hydrogen-bond acceptors (Lipinski definition) is 3. The zero-order chi connectivity index (χ0) is 17.8. The van der Waals surface area contributed by atoms with Crippen LogP contribution in [0.2, 0.25) is 0 Å². The number of hydrogen-bond donors (Lipinski definition) is 0. The summed E-state index contributed by atoms with van der Waals surface area (Å²) < 4.78 is 12.1. The number of para-hydroxylation sites is 1. The van der Waals surface area contributed by atoms with Gasteiger partial charge in [0.1, 0.15) is 24.2 Å². The Balaban J connectivity index is 1.34. The summed E-state index contributed by atoms with van der Waals surface area (Å²) in [6.45, 7) is 5.41. The largest absolute Gasteiger partial charge is 0.492 e. The van der Waals surface area contributed by atoms with Crippen LogP contribution in [0.1, 0.15) is 43.4 Å². The molecule has 0 aromatic heterocycles. The van der Waals surface area contributed by atoms with E-state index in [1.54, 1.807) is 0 Å². The minimum Gasteiger partial charge on any atom is -0.492 e. The second-order valence-electron chi connectivity index (χ2n) is 7.26. The van der Waals surface area contributed by atoms with E-state index in [2.05, 4.69) is 54.3 Å². The molecule has 136 valence electrons. The van der Waals surface area contributed by atoms with Crippen molar-refractivity contribution in [3.8, 4) is 11.5 Å². The maximum absolute atomic E-state index is 6.10. The molecule has 0 radical (unpaired) electrons. The smallest absolute Gasteiger partial charge is 0.142 e. The molecular formula is C23H27NO2. The van der Waals surface area contributed by atoms with Crippen molar-refractivity contribution in [3.05, 3.63) is 65.7 Å². The first-order valence-electron chi connectivity index (χ1n) is 9.70. The fourth-order valence-electron chi connectivity index (χ4n) is 3.71. The predicted octanol–water partition coefficient (Wildman–Crippen LogP) is 5.09. The summed E-state index contributed by atoms with van der Waals surface area (Å²) >= 11 is 0. The van der Waals surface area contributed by atoms with Crippen LogP contribution in [0.4, 0.5) is 0 Å². The van der Waals surface area contributed by atoms with Crippen molar-refractivity contribution >= 4 is 6.08 Å². The molecule has 4 rings (SSSR count). The van der Waals surface area contributed by atoms with Crippen LogP contribution in [0.3, 0.4) is 0 Å². The van der Waals surface area contributed by atoms with Crippen molar-refractivity contribution in [2.75, 3.05) is 19.7 Å². The molecule has 3 heteroatoms. The Hall–Kier alpha value is -2.26. The number of nitrogens with zero attached hydrogens (tertiary/aromatic N) is 1. The van der Waals surface area contributed by atoms with Crippen LogP contribution < -0.4 is 9.47 Å². The first-order valence-corrected chi connectivity index (χ1v) is 9.70. The topological polar surface area (TPSA) is 21.7 Å². The van der Waals surface area contributed by atoms with Crippen molar-refractivity contribution in [2.45, 2.75) is 38.3 Å². The summed E-state index contributed by atoms with van der Waals surface area (Å²) in [5.41, 5.74) is 2.28. The standard InChI is InChI=1S/C23H27NO2/c1-18(24-15-5-2-6-16-24)17-25-21-12-9-20(10-13-21)23-14-11-19-7-3-4-8-22(19)26-23/h3-4,7-14,18,23H,2,5-6,15-17H2,1H3/t18-,23?/m0/s1. The van der Waals surface area contributed by atoms with Gasteiger partial charge < -0.3 is 9.47 Å². The molecule has 0 N–H and O–H groups in total. The molecule has 2 aliphatic heterocycles. The number of likely N-dealkylation sites (tertiary alicyclic amines) is 1. The molecular weight excluding hydrogens is 322 g/mol. The van der Waals surface area contributed by atoms with Crippen LogP contribution >= 0.6 is 0 Å². The molecule has 0 spiro atoms. The van der Waals surface area contributed by atoms with Gasteiger partial charge in [-0.1, -0.05) is 42.8 Å². The highest BCUT2D eigenvalue weighted by Crippen LogP contribution is 2.32. The lowest BCUT2D eigenvalue weighted by atomic mass is 10.0. The Morgan fingerprint density at radius 3 is 2.62 bits per heavy atom. The Morgan fingerprint density at radius 1 is 1.04 bits per heavy atom. The van der Waals surface area contributed by atoms with Gasteiger partial charge >= 0.3 is 0 Å². The maximum atomic E-state index is 6.10. The van der Waals surface area contributed by atoms with Crippen molar-refractivity contribution in [2.24, 2.45) is 0 Å². The SMILES string of the molecule is C[C@@H](COc1ccc(C2C=Cc3ccccc3O2)cc1)N1CCCCC1. The van der Waals surface area contributed by atoms with Gasteiger partial charge in [0.05, 0.1) is 0 Å². The second kappa shape index (κ2) is 7.96. The minimum atomic E-state index is -0.0359. The minimum absolute atomic E-state index is 0.0359. The predicted molar refractivity (Wildman–Crippen MR) is 106 cm³/mol. The highest BCUT2D eigenvalue weighted by atomic mass is 16.5. The van der Waals surface area contributed by atoms with Crippen LogP contribution in [0, 0.1) is 0 Å². The molecule has 3 nitrogen and oxygen atoms in total. The van der Waals surface area contributed by atoms with Gasteiger partial charge in [-0.25, -0.2) is 0 Å². The lowest BCUT2D eigenvalue weighted by Crippen LogP contribution is -2.40. The first kappa shape index (κ1) is 17.2. The Morgan fingerprint density at radius 2 is 1.81 bits per heavy atom. The quantitative estimate of drug-likeness (QED) is 0.751. The monoisotopic (exact) mass is 349 g/mol. The van der Waals surface area contributed by atoms with Crippen LogP contribution in [0.5, 0.6) is 11.5 Å². The van der Waals surface area contributed by atoms with E-state index in [9.17, 15) is 0 Å². The summed E-state index contributed by atoms with van der Waals surface area (Å²) in [6.07, 6.45) is 8.21. The maximum Gasteiger partial charge on any atom is 0.142 e. The number of rotatable bonds is 5. The molecule has 2 aromatic rings. The molecule has 0 saturated carbocycles. The van der Waals surface area contributed by atoms with E-state index >= 15 is 0 Å². The van der Waals surface area contributed by atoms with E-state index in [1.165, 1.54) is 32.4 Å². The Bertz CT molecular complexity index is 747. The third-order valence-electron chi connectivity index (χ3n) is 5.34. The van der Waals surface area contributed by atoms with E-state index in [-0.39, 0.29) is 6.10 Å². The summed E-state index contributed by atoms with van der Waals surface area (Å²) in [5, 5.41) is 0. The van der Waals surface area contributed by atoms with E-state index in [0.717, 1.165) is 29.2 Å². The normalized spacial score (nSPS) is 20.9. The van der Waals surface area contributed by atoms with E-state index < -0.39 is 0 Å². The summed E-state index contributed by atoms with van der Waals surface area (Å²) in [5.74, 6) is 1.87. The number of fused-ring (bicyclic) bond motifs is 1. The van der Waals surface area contributed by atoms with Crippen LogP contribution in [-0.2, 0) is 0 Å². The first-order chi connectivity index (χ1) is 12.8. The zero-order valence-electron chi connectivity index (χ0n) is 15.4. The lowest BCUT2D eigenvalue weighted by Gasteiger charge is -2.32. The summed E-state index contributed by atoms with van der Waals surface area (Å²) in [7, 11) is 0. The fourth-order valence-corrected chi connectivity index (χ4v) is 3.71. The van der Waals surface area contributed by atoms with Gasteiger partial charge in [-0.15, -0.1) is 0 Å².